The maximum absolute atomic E-state index is 11.3. The van der Waals surface area contributed by atoms with Crippen LogP contribution in [0.3, 0.4) is 0 Å². The third-order valence-corrected chi connectivity index (χ3v) is 2.07. The lowest BCUT2D eigenvalue weighted by molar-refractivity contribution is 0.0529. The zero-order valence-electron chi connectivity index (χ0n) is 11.5. The average Bonchev–Trinajstić information content (AvgIpc) is 2.28. The van der Waals surface area contributed by atoms with Gasteiger partial charge in [-0.3, -0.25) is 4.98 Å². The lowest BCUT2D eigenvalue weighted by Crippen LogP contribution is -2.32. The van der Waals surface area contributed by atoms with Crippen molar-refractivity contribution in [2.24, 2.45) is 0 Å². The first kappa shape index (κ1) is 15.0. The summed E-state index contributed by atoms with van der Waals surface area (Å²) in [6, 6.07) is 3.24. The minimum absolute atomic E-state index is 0.138. The molecule has 1 heterocycles. The van der Waals surface area contributed by atoms with Gasteiger partial charge in [0.2, 0.25) is 0 Å². The van der Waals surface area contributed by atoms with E-state index in [1.165, 1.54) is 0 Å². The van der Waals surface area contributed by atoms with Crippen LogP contribution in [0.25, 0.3) is 6.08 Å². The van der Waals surface area contributed by atoms with Crippen LogP contribution in [-0.2, 0) is 4.74 Å². The zero-order chi connectivity index (χ0) is 14.3. The van der Waals surface area contributed by atoms with E-state index in [9.17, 15) is 9.90 Å². The van der Waals surface area contributed by atoms with Crippen LogP contribution in [0.2, 0.25) is 0 Å². The van der Waals surface area contributed by atoms with Crippen molar-refractivity contribution in [1.82, 2.24) is 10.3 Å². The van der Waals surface area contributed by atoms with Gasteiger partial charge < -0.3 is 15.2 Å². The van der Waals surface area contributed by atoms with Gasteiger partial charge in [-0.25, -0.2) is 4.79 Å². The molecule has 0 aromatic carbocycles. The first-order valence-electron chi connectivity index (χ1n) is 6.16. The summed E-state index contributed by atoms with van der Waals surface area (Å²) < 4.78 is 5.10. The Labute approximate surface area is 113 Å². The predicted molar refractivity (Wildman–Crippen MR) is 73.8 cm³/mol. The fourth-order valence-corrected chi connectivity index (χ4v) is 1.30. The average molecular weight is 264 g/mol. The molecule has 0 aliphatic heterocycles. The Balaban J connectivity index is 2.28. The molecule has 1 amide bonds. The van der Waals surface area contributed by atoms with Crippen LogP contribution in [0.4, 0.5) is 4.79 Å². The molecular weight excluding hydrogens is 244 g/mol. The van der Waals surface area contributed by atoms with E-state index >= 15 is 0 Å². The topological polar surface area (TPSA) is 71.5 Å². The van der Waals surface area contributed by atoms with Crippen LogP contribution in [0.1, 0.15) is 32.9 Å². The van der Waals surface area contributed by atoms with Crippen LogP contribution in [-0.4, -0.2) is 28.3 Å². The largest absolute Gasteiger partial charge is 0.506 e. The van der Waals surface area contributed by atoms with Crippen LogP contribution in [0.15, 0.2) is 24.4 Å². The number of nitrogens with one attached hydrogen (secondary N) is 1. The number of nitrogens with zero attached hydrogens (tertiary/aromatic N) is 1. The molecule has 5 heteroatoms. The number of hydrogen-bond donors (Lipinski definition) is 2. The first-order valence-corrected chi connectivity index (χ1v) is 6.16. The van der Waals surface area contributed by atoms with E-state index in [1.807, 2.05) is 26.8 Å². The Hall–Kier alpha value is -2.04. The van der Waals surface area contributed by atoms with Crippen LogP contribution in [0, 0.1) is 0 Å². The first-order chi connectivity index (χ1) is 8.88. The molecule has 104 valence electrons. The van der Waals surface area contributed by atoms with E-state index in [4.69, 9.17) is 4.74 Å². The van der Waals surface area contributed by atoms with E-state index in [0.717, 1.165) is 0 Å². The second-order valence-electron chi connectivity index (χ2n) is 5.03. The Morgan fingerprint density at radius 3 is 2.89 bits per heavy atom. The van der Waals surface area contributed by atoms with Gasteiger partial charge >= 0.3 is 6.09 Å². The molecule has 1 rings (SSSR count). The molecule has 0 aliphatic rings. The van der Waals surface area contributed by atoms with Gasteiger partial charge in [-0.05, 0) is 45.4 Å². The number of pyridine rings is 1. The molecular formula is C14H20N2O3. The summed E-state index contributed by atoms with van der Waals surface area (Å²) in [4.78, 5) is 15.3. The summed E-state index contributed by atoms with van der Waals surface area (Å²) in [5, 5.41) is 12.1. The van der Waals surface area contributed by atoms with Crippen LogP contribution in [0.5, 0.6) is 5.75 Å². The number of amides is 1. The Bertz CT molecular complexity index is 450. The summed E-state index contributed by atoms with van der Waals surface area (Å²) >= 11 is 0. The molecule has 0 atom stereocenters. The van der Waals surface area contributed by atoms with Gasteiger partial charge in [-0.2, -0.15) is 0 Å². The van der Waals surface area contributed by atoms with Crippen molar-refractivity contribution < 1.29 is 14.6 Å². The summed E-state index contributed by atoms with van der Waals surface area (Å²) in [6.07, 6.45) is 5.36. The SMILES string of the molecule is CC(C)(C)OC(=O)NCCC=Cc1ncccc1O. The highest BCUT2D eigenvalue weighted by atomic mass is 16.6. The summed E-state index contributed by atoms with van der Waals surface area (Å²) in [7, 11) is 0. The minimum atomic E-state index is -0.486. The smallest absolute Gasteiger partial charge is 0.407 e. The lowest BCUT2D eigenvalue weighted by Gasteiger charge is -2.19. The Morgan fingerprint density at radius 1 is 1.53 bits per heavy atom. The molecule has 5 nitrogen and oxygen atoms in total. The van der Waals surface area contributed by atoms with Crippen molar-refractivity contribution in [1.29, 1.82) is 0 Å². The van der Waals surface area contributed by atoms with Crippen molar-refractivity contribution in [3.8, 4) is 5.75 Å². The van der Waals surface area contributed by atoms with Crippen molar-refractivity contribution in [2.45, 2.75) is 32.8 Å². The zero-order valence-corrected chi connectivity index (χ0v) is 11.5. The van der Waals surface area contributed by atoms with Gasteiger partial charge in [0.05, 0.1) is 0 Å². The van der Waals surface area contributed by atoms with E-state index in [0.29, 0.717) is 18.7 Å². The highest BCUT2D eigenvalue weighted by molar-refractivity contribution is 5.67. The van der Waals surface area contributed by atoms with Gasteiger partial charge in [-0.15, -0.1) is 0 Å². The highest BCUT2D eigenvalue weighted by Crippen LogP contribution is 2.14. The summed E-state index contributed by atoms with van der Waals surface area (Å²) in [6.45, 7) is 5.92. The number of rotatable bonds is 4. The third kappa shape index (κ3) is 6.45. The van der Waals surface area contributed by atoms with Gasteiger partial charge in [-0.1, -0.05) is 6.08 Å². The fourth-order valence-electron chi connectivity index (χ4n) is 1.30. The molecule has 0 aliphatic carbocycles. The lowest BCUT2D eigenvalue weighted by atomic mass is 10.2. The van der Waals surface area contributed by atoms with Crippen molar-refractivity contribution >= 4 is 12.2 Å². The van der Waals surface area contributed by atoms with E-state index in [2.05, 4.69) is 10.3 Å². The Morgan fingerprint density at radius 2 is 2.26 bits per heavy atom. The highest BCUT2D eigenvalue weighted by Gasteiger charge is 2.15. The maximum atomic E-state index is 11.3. The molecule has 1 aromatic heterocycles. The second-order valence-corrected chi connectivity index (χ2v) is 5.03. The molecule has 0 radical (unpaired) electrons. The molecule has 1 aromatic rings. The van der Waals surface area contributed by atoms with Crippen molar-refractivity contribution in [3.63, 3.8) is 0 Å². The third-order valence-electron chi connectivity index (χ3n) is 2.07. The molecule has 0 unspecified atom stereocenters. The molecule has 0 saturated carbocycles. The number of ether oxygens (including phenoxy) is 1. The number of carbonyl (C=O) groups excluding carboxylic acids is 1. The predicted octanol–water partition coefficient (Wildman–Crippen LogP) is 2.72. The number of alkyl carbamates (subject to hydrolysis) is 1. The molecule has 0 saturated heterocycles. The molecule has 0 spiro atoms. The number of hydrogen-bond acceptors (Lipinski definition) is 4. The second kappa shape index (κ2) is 6.78. The monoisotopic (exact) mass is 264 g/mol. The van der Waals surface area contributed by atoms with Crippen molar-refractivity contribution in [3.05, 3.63) is 30.1 Å². The minimum Gasteiger partial charge on any atom is -0.506 e. The van der Waals surface area contributed by atoms with Crippen LogP contribution < -0.4 is 5.32 Å². The quantitative estimate of drug-likeness (QED) is 0.820. The van der Waals surface area contributed by atoms with Crippen molar-refractivity contribution in [2.75, 3.05) is 6.54 Å². The molecule has 19 heavy (non-hydrogen) atoms. The normalized spacial score (nSPS) is 11.5. The molecule has 2 N–H and O–H groups in total. The fraction of sp³-hybridized carbons (Fsp3) is 0.429. The molecule has 0 bridgehead atoms. The standard InChI is InChI=1S/C14H20N2O3/c1-14(2,3)19-13(18)16-9-5-4-7-11-12(17)8-6-10-15-11/h4,6-8,10,17H,5,9H2,1-3H3,(H,16,18). The van der Waals surface area contributed by atoms with E-state index < -0.39 is 11.7 Å². The van der Waals surface area contributed by atoms with Gasteiger partial charge in [0.15, 0.2) is 0 Å². The van der Waals surface area contributed by atoms with E-state index in [1.54, 1.807) is 24.4 Å². The van der Waals surface area contributed by atoms with Gasteiger partial charge in [0.1, 0.15) is 17.0 Å². The number of aromatic hydroxyl groups is 1. The molecule has 0 fully saturated rings. The Kier molecular flexibility index (Phi) is 5.36. The maximum Gasteiger partial charge on any atom is 0.407 e. The van der Waals surface area contributed by atoms with E-state index in [-0.39, 0.29) is 5.75 Å². The van der Waals surface area contributed by atoms with Gasteiger partial charge in [0, 0.05) is 12.7 Å². The summed E-state index contributed by atoms with van der Waals surface area (Å²) in [5.41, 5.74) is 0.0272. The number of aromatic nitrogens is 1. The summed E-state index contributed by atoms with van der Waals surface area (Å²) in [5.74, 6) is 0.138. The van der Waals surface area contributed by atoms with Gasteiger partial charge in [0.25, 0.3) is 0 Å². The number of carbonyl (C=O) groups is 1. The van der Waals surface area contributed by atoms with Crippen LogP contribution >= 0.6 is 0 Å².